The van der Waals surface area contributed by atoms with Gasteiger partial charge in [0.05, 0.1) is 0 Å². The van der Waals surface area contributed by atoms with E-state index in [-0.39, 0.29) is 12.8 Å². The molecule has 7 heteroatoms. The molecular formula is C20H32N2O4S. The van der Waals surface area contributed by atoms with Crippen LogP contribution in [0.3, 0.4) is 0 Å². The monoisotopic (exact) mass is 396 g/mol. The molecule has 0 bridgehead atoms. The molecule has 0 spiro atoms. The van der Waals surface area contributed by atoms with Crippen molar-refractivity contribution in [3.05, 3.63) is 22.4 Å². The molecule has 3 rings (SSSR count). The number of carbonyl (C=O) groups is 2. The molecule has 1 aliphatic carbocycles. The van der Waals surface area contributed by atoms with Crippen LogP contribution >= 0.6 is 11.3 Å². The fourth-order valence-electron chi connectivity index (χ4n) is 3.99. The third-order valence-electron chi connectivity index (χ3n) is 5.45. The van der Waals surface area contributed by atoms with E-state index in [1.807, 2.05) is 11.3 Å². The van der Waals surface area contributed by atoms with Gasteiger partial charge in [0.15, 0.2) is 0 Å². The van der Waals surface area contributed by atoms with Crippen LogP contribution in [0.2, 0.25) is 0 Å². The van der Waals surface area contributed by atoms with Crippen LogP contribution in [0.4, 0.5) is 0 Å². The lowest BCUT2D eigenvalue weighted by Gasteiger charge is -2.42. The van der Waals surface area contributed by atoms with Crippen LogP contribution in [0.15, 0.2) is 17.5 Å². The molecule has 4 N–H and O–H groups in total. The first-order valence-corrected chi connectivity index (χ1v) is 10.9. The number of hydrogen-bond donors (Lipinski definition) is 3. The average molecular weight is 397 g/mol. The maximum absolute atomic E-state index is 9.99. The van der Waals surface area contributed by atoms with Crippen molar-refractivity contribution in [1.82, 2.24) is 4.90 Å². The van der Waals surface area contributed by atoms with E-state index in [4.69, 9.17) is 15.9 Å². The van der Waals surface area contributed by atoms with Crippen LogP contribution in [0.1, 0.15) is 75.1 Å². The summed E-state index contributed by atoms with van der Waals surface area (Å²) in [5.74, 6) is -2.20. The second-order valence-electron chi connectivity index (χ2n) is 7.43. The van der Waals surface area contributed by atoms with Crippen molar-refractivity contribution in [2.45, 2.75) is 82.3 Å². The number of carboxylic acid groups (broad SMARTS) is 2. The van der Waals surface area contributed by atoms with Crippen LogP contribution in [0, 0.1) is 0 Å². The van der Waals surface area contributed by atoms with Gasteiger partial charge in [0.2, 0.25) is 0 Å². The van der Waals surface area contributed by atoms with E-state index in [1.54, 1.807) is 4.88 Å². The second-order valence-corrected chi connectivity index (χ2v) is 8.41. The normalized spacial score (nSPS) is 22.5. The Labute approximate surface area is 165 Å². The molecule has 1 saturated carbocycles. The molecule has 2 heterocycles. The lowest BCUT2D eigenvalue weighted by Crippen LogP contribution is -2.42. The summed E-state index contributed by atoms with van der Waals surface area (Å²) in [7, 11) is 0. The van der Waals surface area contributed by atoms with Gasteiger partial charge in [0.25, 0.3) is 0 Å². The van der Waals surface area contributed by atoms with E-state index in [0.717, 1.165) is 12.1 Å². The lowest BCUT2D eigenvalue weighted by molar-refractivity contribution is -0.139. The van der Waals surface area contributed by atoms with E-state index in [0.29, 0.717) is 0 Å². The molecule has 2 fully saturated rings. The Morgan fingerprint density at radius 1 is 1.15 bits per heavy atom. The number of piperidine rings is 1. The molecule has 6 nitrogen and oxygen atoms in total. The number of nitrogens with two attached hydrogens (primary N) is 1. The predicted molar refractivity (Wildman–Crippen MR) is 107 cm³/mol. The molecule has 1 saturated heterocycles. The Balaban J connectivity index is 0.000000227. The molecule has 152 valence electrons. The Morgan fingerprint density at radius 3 is 2.44 bits per heavy atom. The predicted octanol–water partition coefficient (Wildman–Crippen LogP) is 3.87. The Morgan fingerprint density at radius 2 is 1.85 bits per heavy atom. The zero-order valence-electron chi connectivity index (χ0n) is 15.9. The zero-order chi connectivity index (χ0) is 19.6. The summed E-state index contributed by atoms with van der Waals surface area (Å²) in [6.45, 7) is 1.34. The van der Waals surface area contributed by atoms with E-state index < -0.39 is 18.0 Å². The van der Waals surface area contributed by atoms with Gasteiger partial charge in [-0.15, -0.1) is 11.3 Å². The summed E-state index contributed by atoms with van der Waals surface area (Å²) in [6, 6.07) is 5.13. The fraction of sp³-hybridized carbons (Fsp3) is 0.700. The maximum Gasteiger partial charge on any atom is 0.320 e. The van der Waals surface area contributed by atoms with Crippen molar-refractivity contribution in [2.75, 3.05) is 6.54 Å². The quantitative estimate of drug-likeness (QED) is 0.674. The molecule has 0 aromatic carbocycles. The van der Waals surface area contributed by atoms with Crippen LogP contribution < -0.4 is 5.73 Å². The Hall–Kier alpha value is -1.44. The van der Waals surface area contributed by atoms with Crippen LogP contribution in [0.5, 0.6) is 0 Å². The lowest BCUT2D eigenvalue weighted by atomic mass is 9.90. The first-order valence-electron chi connectivity index (χ1n) is 9.98. The minimum atomic E-state index is -1.17. The molecule has 1 aliphatic heterocycles. The molecular weight excluding hydrogens is 364 g/mol. The van der Waals surface area contributed by atoms with Crippen LogP contribution in [0.25, 0.3) is 0 Å². The van der Waals surface area contributed by atoms with Gasteiger partial charge in [0.1, 0.15) is 6.04 Å². The van der Waals surface area contributed by atoms with E-state index in [1.165, 1.54) is 57.9 Å². The molecule has 2 aliphatic rings. The molecule has 1 aromatic rings. The van der Waals surface area contributed by atoms with Gasteiger partial charge < -0.3 is 15.9 Å². The van der Waals surface area contributed by atoms with Gasteiger partial charge in [0, 0.05) is 23.4 Å². The highest BCUT2D eigenvalue weighted by molar-refractivity contribution is 7.10. The largest absolute Gasteiger partial charge is 0.481 e. The standard InChI is InChI=1S/C15H23NS.C5H9NO4/c1-2-7-13(8-3-1)16-11-5-4-9-14(16)15-10-6-12-17-15;6-3(5(9)10)1-2-4(7)8/h6,10,12-14H,1-5,7-9,11H2;3H,1-2,6H2,(H,7,8)(H,9,10)/t;3-/m.0/s1. The van der Waals surface area contributed by atoms with Crippen LogP contribution in [-0.4, -0.2) is 45.7 Å². The molecule has 1 aromatic heterocycles. The first-order chi connectivity index (χ1) is 13.0. The van der Waals surface area contributed by atoms with Crippen molar-refractivity contribution in [3.8, 4) is 0 Å². The maximum atomic E-state index is 9.99. The van der Waals surface area contributed by atoms with Crippen molar-refractivity contribution in [2.24, 2.45) is 5.73 Å². The van der Waals surface area contributed by atoms with E-state index in [9.17, 15) is 9.59 Å². The first kappa shape index (κ1) is 21.9. The summed E-state index contributed by atoms with van der Waals surface area (Å²) in [6.07, 6.45) is 11.3. The summed E-state index contributed by atoms with van der Waals surface area (Å²) >= 11 is 1.96. The van der Waals surface area contributed by atoms with Crippen LogP contribution in [-0.2, 0) is 9.59 Å². The van der Waals surface area contributed by atoms with E-state index >= 15 is 0 Å². The van der Waals surface area contributed by atoms with Gasteiger partial charge in [-0.05, 0) is 50.1 Å². The van der Waals surface area contributed by atoms with Gasteiger partial charge in [-0.3, -0.25) is 14.5 Å². The minimum Gasteiger partial charge on any atom is -0.481 e. The number of hydrogen-bond acceptors (Lipinski definition) is 5. The van der Waals surface area contributed by atoms with Gasteiger partial charge >= 0.3 is 11.9 Å². The van der Waals surface area contributed by atoms with E-state index in [2.05, 4.69) is 22.4 Å². The highest BCUT2D eigenvalue weighted by atomic mass is 32.1. The summed E-state index contributed by atoms with van der Waals surface area (Å²) in [5, 5.41) is 18.5. The zero-order valence-corrected chi connectivity index (χ0v) is 16.7. The SMILES string of the molecule is N[C@@H](CCC(=O)O)C(=O)O.c1csc(C2CCCCN2C2CCCCC2)c1. The number of nitrogens with zero attached hydrogens (tertiary/aromatic N) is 1. The number of aliphatic carboxylic acids is 2. The van der Waals surface area contributed by atoms with Crippen molar-refractivity contribution >= 4 is 23.3 Å². The van der Waals surface area contributed by atoms with Crippen molar-refractivity contribution in [3.63, 3.8) is 0 Å². The number of carboxylic acids is 2. The second kappa shape index (κ2) is 11.4. The smallest absolute Gasteiger partial charge is 0.320 e. The average Bonchev–Trinajstić information content (AvgIpc) is 3.22. The molecule has 27 heavy (non-hydrogen) atoms. The topological polar surface area (TPSA) is 104 Å². The highest BCUT2D eigenvalue weighted by Gasteiger charge is 2.30. The third kappa shape index (κ3) is 7.24. The van der Waals surface area contributed by atoms with Crippen molar-refractivity contribution < 1.29 is 19.8 Å². The number of likely N-dealkylation sites (tertiary alicyclic amines) is 1. The third-order valence-corrected chi connectivity index (χ3v) is 6.42. The van der Waals surface area contributed by atoms with Gasteiger partial charge in [-0.1, -0.05) is 31.7 Å². The highest BCUT2D eigenvalue weighted by Crippen LogP contribution is 2.38. The Kier molecular flexibility index (Phi) is 9.24. The summed E-state index contributed by atoms with van der Waals surface area (Å²) in [5.41, 5.74) is 5.00. The van der Waals surface area contributed by atoms with Crippen molar-refractivity contribution in [1.29, 1.82) is 0 Å². The fourth-order valence-corrected chi connectivity index (χ4v) is 4.87. The Bertz CT molecular complexity index is 573. The number of rotatable bonds is 6. The minimum absolute atomic E-state index is 0.0231. The summed E-state index contributed by atoms with van der Waals surface area (Å²) < 4.78 is 0. The molecule has 0 amide bonds. The molecule has 0 radical (unpaired) electrons. The van der Waals surface area contributed by atoms with Gasteiger partial charge in [-0.25, -0.2) is 0 Å². The molecule has 2 atom stereocenters. The number of thiophene rings is 1. The van der Waals surface area contributed by atoms with Gasteiger partial charge in [-0.2, -0.15) is 0 Å². The summed E-state index contributed by atoms with van der Waals surface area (Å²) in [4.78, 5) is 24.3. The molecule has 1 unspecified atom stereocenters.